The topological polar surface area (TPSA) is 54.0 Å². The van der Waals surface area contributed by atoms with Gasteiger partial charge in [-0.2, -0.15) is 0 Å². The van der Waals surface area contributed by atoms with Crippen molar-refractivity contribution in [1.29, 1.82) is 0 Å². The number of hydrogen-bond acceptors (Lipinski definition) is 4. The van der Waals surface area contributed by atoms with Gasteiger partial charge >= 0.3 is 0 Å². The first-order valence-electron chi connectivity index (χ1n) is 4.86. The van der Waals surface area contributed by atoms with Crippen LogP contribution < -0.4 is 10.6 Å². The number of carbonyl (C=O) groups is 1. The Bertz CT molecular complexity index is 308. The second kappa shape index (κ2) is 5.23. The number of aromatic nitrogens is 1. The summed E-state index contributed by atoms with van der Waals surface area (Å²) in [6.07, 6.45) is 0. The van der Waals surface area contributed by atoms with Gasteiger partial charge in [0.25, 0.3) is 0 Å². The molecule has 0 aliphatic carbocycles. The zero-order valence-electron chi connectivity index (χ0n) is 9.33. The number of hydrogen-bond donors (Lipinski definition) is 2. The van der Waals surface area contributed by atoms with Crippen LogP contribution in [0, 0.1) is 5.41 Å². The second-order valence-corrected chi connectivity index (χ2v) is 4.77. The van der Waals surface area contributed by atoms with Crippen LogP contribution in [0.2, 0.25) is 0 Å². The minimum Gasteiger partial charge on any atom is -0.359 e. The van der Waals surface area contributed by atoms with E-state index < -0.39 is 0 Å². The predicted octanol–water partition coefficient (Wildman–Crippen LogP) is 1.00. The Balaban J connectivity index is 2.33. The standard InChI is InChI=1S/C10H17N3OS/c1-10(2,9(14)11-3)6-12-4-8-5-15-7-13-8/h5,7,12H,4,6H2,1-3H3,(H,11,14). The molecule has 1 aromatic rings. The summed E-state index contributed by atoms with van der Waals surface area (Å²) < 4.78 is 0. The van der Waals surface area contributed by atoms with Gasteiger partial charge in [0.1, 0.15) is 0 Å². The van der Waals surface area contributed by atoms with Crippen molar-refractivity contribution in [2.45, 2.75) is 20.4 Å². The summed E-state index contributed by atoms with van der Waals surface area (Å²) in [5.41, 5.74) is 2.44. The smallest absolute Gasteiger partial charge is 0.226 e. The van der Waals surface area contributed by atoms with Crippen molar-refractivity contribution in [2.24, 2.45) is 5.41 Å². The first-order valence-corrected chi connectivity index (χ1v) is 5.80. The van der Waals surface area contributed by atoms with Crippen LogP contribution in [0.15, 0.2) is 10.9 Å². The van der Waals surface area contributed by atoms with Crippen LogP contribution in [0.4, 0.5) is 0 Å². The Hall–Kier alpha value is -0.940. The summed E-state index contributed by atoms with van der Waals surface area (Å²) in [7, 11) is 1.66. The summed E-state index contributed by atoms with van der Waals surface area (Å²) in [6.45, 7) is 5.19. The molecule has 15 heavy (non-hydrogen) atoms. The maximum absolute atomic E-state index is 11.5. The van der Waals surface area contributed by atoms with Crippen LogP contribution in [-0.2, 0) is 11.3 Å². The lowest BCUT2D eigenvalue weighted by atomic mass is 9.92. The van der Waals surface area contributed by atoms with E-state index in [1.165, 1.54) is 0 Å². The maximum Gasteiger partial charge on any atom is 0.226 e. The quantitative estimate of drug-likeness (QED) is 0.789. The summed E-state index contributed by atoms with van der Waals surface area (Å²) >= 11 is 1.58. The molecule has 1 rings (SSSR count). The molecule has 0 saturated carbocycles. The van der Waals surface area contributed by atoms with E-state index in [0.29, 0.717) is 13.1 Å². The lowest BCUT2D eigenvalue weighted by Crippen LogP contribution is -2.41. The van der Waals surface area contributed by atoms with E-state index in [2.05, 4.69) is 15.6 Å². The van der Waals surface area contributed by atoms with Crippen molar-refractivity contribution >= 4 is 17.2 Å². The highest BCUT2D eigenvalue weighted by Crippen LogP contribution is 2.13. The van der Waals surface area contributed by atoms with Gasteiger partial charge in [-0.3, -0.25) is 4.79 Å². The Morgan fingerprint density at radius 3 is 2.87 bits per heavy atom. The molecule has 0 aromatic carbocycles. The molecule has 5 heteroatoms. The van der Waals surface area contributed by atoms with E-state index in [4.69, 9.17) is 0 Å². The highest BCUT2D eigenvalue weighted by Gasteiger charge is 2.25. The molecule has 0 spiro atoms. The summed E-state index contributed by atoms with van der Waals surface area (Å²) in [5.74, 6) is 0.0493. The van der Waals surface area contributed by atoms with Crippen molar-refractivity contribution in [1.82, 2.24) is 15.6 Å². The van der Waals surface area contributed by atoms with Crippen molar-refractivity contribution in [3.05, 3.63) is 16.6 Å². The fourth-order valence-electron chi connectivity index (χ4n) is 1.25. The van der Waals surface area contributed by atoms with Crippen LogP contribution in [0.1, 0.15) is 19.5 Å². The number of nitrogens with zero attached hydrogens (tertiary/aromatic N) is 1. The molecular weight excluding hydrogens is 210 g/mol. The van der Waals surface area contributed by atoms with Gasteiger partial charge in [0.2, 0.25) is 5.91 Å². The van der Waals surface area contributed by atoms with Gasteiger partial charge in [-0.1, -0.05) is 0 Å². The number of amides is 1. The molecule has 4 nitrogen and oxygen atoms in total. The minimum absolute atomic E-state index is 0.0493. The fraction of sp³-hybridized carbons (Fsp3) is 0.600. The third-order valence-corrected chi connectivity index (χ3v) is 2.83. The molecule has 0 unspecified atom stereocenters. The first-order chi connectivity index (χ1) is 7.06. The van der Waals surface area contributed by atoms with Crippen LogP contribution in [0.3, 0.4) is 0 Å². The van der Waals surface area contributed by atoms with Crippen molar-refractivity contribution in [3.63, 3.8) is 0 Å². The Morgan fingerprint density at radius 2 is 2.33 bits per heavy atom. The van der Waals surface area contributed by atoms with Gasteiger partial charge in [0, 0.05) is 25.5 Å². The predicted molar refractivity (Wildman–Crippen MR) is 61.7 cm³/mol. The maximum atomic E-state index is 11.5. The van der Waals surface area contributed by atoms with Gasteiger partial charge in [-0.25, -0.2) is 4.98 Å². The lowest BCUT2D eigenvalue weighted by Gasteiger charge is -2.22. The third-order valence-electron chi connectivity index (χ3n) is 2.20. The molecule has 0 fully saturated rings. The van der Waals surface area contributed by atoms with E-state index in [-0.39, 0.29) is 11.3 Å². The minimum atomic E-state index is -0.384. The summed E-state index contributed by atoms with van der Waals surface area (Å²) in [4.78, 5) is 15.6. The van der Waals surface area contributed by atoms with Gasteiger partial charge in [-0.15, -0.1) is 11.3 Å². The molecular formula is C10H17N3OS. The van der Waals surface area contributed by atoms with Crippen LogP contribution in [-0.4, -0.2) is 24.5 Å². The molecule has 1 aromatic heterocycles. The highest BCUT2D eigenvalue weighted by atomic mass is 32.1. The number of thiazole rings is 1. The van der Waals surface area contributed by atoms with E-state index >= 15 is 0 Å². The largest absolute Gasteiger partial charge is 0.359 e. The third kappa shape index (κ3) is 3.60. The number of rotatable bonds is 5. The van der Waals surface area contributed by atoms with Crippen LogP contribution in [0.25, 0.3) is 0 Å². The highest BCUT2D eigenvalue weighted by molar-refractivity contribution is 7.07. The van der Waals surface area contributed by atoms with Crippen molar-refractivity contribution < 1.29 is 4.79 Å². The van der Waals surface area contributed by atoms with Gasteiger partial charge in [0.05, 0.1) is 16.6 Å². The molecule has 0 radical (unpaired) electrons. The van der Waals surface area contributed by atoms with Gasteiger partial charge < -0.3 is 10.6 Å². The van der Waals surface area contributed by atoms with Crippen LogP contribution in [0.5, 0.6) is 0 Å². The molecule has 2 N–H and O–H groups in total. The molecule has 0 bridgehead atoms. The fourth-order valence-corrected chi connectivity index (χ4v) is 1.80. The average molecular weight is 227 g/mol. The Kier molecular flexibility index (Phi) is 4.23. The molecule has 1 heterocycles. The molecule has 84 valence electrons. The molecule has 0 atom stereocenters. The summed E-state index contributed by atoms with van der Waals surface area (Å²) in [5, 5.41) is 7.88. The zero-order valence-corrected chi connectivity index (χ0v) is 10.1. The van der Waals surface area contributed by atoms with E-state index in [9.17, 15) is 4.79 Å². The normalized spacial score (nSPS) is 11.4. The van der Waals surface area contributed by atoms with Crippen molar-refractivity contribution in [2.75, 3.05) is 13.6 Å². The average Bonchev–Trinajstić information content (AvgIpc) is 2.69. The summed E-state index contributed by atoms with van der Waals surface area (Å²) in [6, 6.07) is 0. The van der Waals surface area contributed by atoms with Crippen molar-refractivity contribution in [3.8, 4) is 0 Å². The lowest BCUT2D eigenvalue weighted by molar-refractivity contribution is -0.128. The SMILES string of the molecule is CNC(=O)C(C)(C)CNCc1cscn1. The van der Waals surface area contributed by atoms with Gasteiger partial charge in [0.15, 0.2) is 0 Å². The monoisotopic (exact) mass is 227 g/mol. The molecule has 1 amide bonds. The van der Waals surface area contributed by atoms with Gasteiger partial charge in [-0.05, 0) is 13.8 Å². The number of carbonyl (C=O) groups excluding carboxylic acids is 1. The number of nitrogens with one attached hydrogen (secondary N) is 2. The van der Waals surface area contributed by atoms with E-state index in [1.807, 2.05) is 19.2 Å². The Morgan fingerprint density at radius 1 is 1.60 bits per heavy atom. The van der Waals surface area contributed by atoms with E-state index in [1.54, 1.807) is 23.9 Å². The first kappa shape index (κ1) is 12.1. The zero-order chi connectivity index (χ0) is 11.3. The second-order valence-electron chi connectivity index (χ2n) is 4.05. The van der Waals surface area contributed by atoms with Crippen LogP contribution >= 0.6 is 11.3 Å². The Labute approximate surface area is 94.1 Å². The van der Waals surface area contributed by atoms with E-state index in [0.717, 1.165) is 5.69 Å². The molecule has 0 aliphatic heterocycles. The molecule has 0 aliphatic rings. The molecule has 0 saturated heterocycles.